The second-order valence-electron chi connectivity index (χ2n) is 7.56. The highest BCUT2D eigenvalue weighted by Crippen LogP contribution is 2.33. The van der Waals surface area contributed by atoms with E-state index in [1.165, 1.54) is 0 Å². The molecule has 1 aliphatic heterocycles. The number of rotatable bonds is 6. The van der Waals surface area contributed by atoms with E-state index in [2.05, 4.69) is 21.9 Å². The van der Waals surface area contributed by atoms with Crippen LogP contribution in [0.25, 0.3) is 10.8 Å². The summed E-state index contributed by atoms with van der Waals surface area (Å²) in [7, 11) is 0. The number of carbonyl (C=O) groups is 2. The summed E-state index contributed by atoms with van der Waals surface area (Å²) in [5, 5.41) is 4.78. The van der Waals surface area contributed by atoms with Gasteiger partial charge in [0.25, 0.3) is 0 Å². The topological polar surface area (TPSA) is 93.7 Å². The van der Waals surface area contributed by atoms with Crippen molar-refractivity contribution in [1.29, 1.82) is 0 Å². The number of imide groups is 1. The van der Waals surface area contributed by atoms with Crippen LogP contribution in [0.4, 0.5) is 9.59 Å². The van der Waals surface area contributed by atoms with Gasteiger partial charge in [0.15, 0.2) is 6.10 Å². The minimum absolute atomic E-state index is 0.233. The van der Waals surface area contributed by atoms with E-state index < -0.39 is 24.3 Å². The first-order valence-corrected chi connectivity index (χ1v) is 10.3. The van der Waals surface area contributed by atoms with E-state index in [1.54, 1.807) is 37.5 Å². The van der Waals surface area contributed by atoms with Crippen LogP contribution in [0, 0.1) is 6.92 Å². The predicted molar refractivity (Wildman–Crippen MR) is 119 cm³/mol. The van der Waals surface area contributed by atoms with E-state index in [0.29, 0.717) is 18.1 Å². The molecule has 3 aromatic rings. The minimum Gasteiger partial charge on any atom is -0.489 e. The highest BCUT2D eigenvalue weighted by atomic mass is 16.6. The van der Waals surface area contributed by atoms with E-state index in [0.717, 1.165) is 26.9 Å². The molecule has 0 aliphatic carbocycles. The SMILES string of the molecule is C=CCOc1cc(C)nc([C@H]2OC(=O)N(C(=O)NCc3cncc4ccccc34)[C@H]2C)c1. The molecule has 3 amide bonds. The Kier molecular flexibility index (Phi) is 6.02. The molecule has 8 heteroatoms. The molecule has 0 unspecified atom stereocenters. The number of ether oxygens (including phenoxy) is 2. The van der Waals surface area contributed by atoms with Crippen LogP contribution in [0.2, 0.25) is 0 Å². The average Bonchev–Trinajstić information content (AvgIpc) is 3.09. The Balaban J connectivity index is 1.49. The molecule has 0 bridgehead atoms. The number of nitrogens with one attached hydrogen (secondary N) is 1. The second-order valence-corrected chi connectivity index (χ2v) is 7.56. The van der Waals surface area contributed by atoms with Gasteiger partial charge in [0, 0.05) is 42.2 Å². The van der Waals surface area contributed by atoms with Crippen LogP contribution in [0.3, 0.4) is 0 Å². The third-order valence-electron chi connectivity index (χ3n) is 5.28. The predicted octanol–water partition coefficient (Wildman–Crippen LogP) is 4.29. The van der Waals surface area contributed by atoms with Crippen LogP contribution < -0.4 is 10.1 Å². The number of hydrogen-bond acceptors (Lipinski definition) is 6. The molecule has 1 fully saturated rings. The van der Waals surface area contributed by atoms with Gasteiger partial charge in [-0.15, -0.1) is 0 Å². The van der Waals surface area contributed by atoms with Crippen molar-refractivity contribution in [2.75, 3.05) is 6.61 Å². The summed E-state index contributed by atoms with van der Waals surface area (Å²) < 4.78 is 11.1. The molecule has 1 N–H and O–H groups in total. The number of hydrogen-bond donors (Lipinski definition) is 1. The molecular weight excluding hydrogens is 408 g/mol. The van der Waals surface area contributed by atoms with Crippen molar-refractivity contribution in [3.05, 3.63) is 78.4 Å². The first kappa shape index (κ1) is 21.3. The fourth-order valence-electron chi connectivity index (χ4n) is 3.76. The molecule has 1 aromatic carbocycles. The summed E-state index contributed by atoms with van der Waals surface area (Å²) in [5.74, 6) is 0.599. The number of benzene rings is 1. The van der Waals surface area contributed by atoms with E-state index in [1.807, 2.05) is 31.2 Å². The number of cyclic esters (lactones) is 1. The molecule has 1 saturated heterocycles. The Hall–Kier alpha value is -3.94. The van der Waals surface area contributed by atoms with Crippen LogP contribution in [-0.2, 0) is 11.3 Å². The lowest BCUT2D eigenvalue weighted by Gasteiger charge is -2.20. The molecule has 32 heavy (non-hydrogen) atoms. The lowest BCUT2D eigenvalue weighted by molar-refractivity contribution is 0.129. The Bertz CT molecular complexity index is 1170. The lowest BCUT2D eigenvalue weighted by atomic mass is 10.1. The van der Waals surface area contributed by atoms with Crippen molar-refractivity contribution >= 4 is 22.9 Å². The largest absolute Gasteiger partial charge is 0.489 e. The molecular formula is C24H24N4O4. The molecule has 2 aromatic heterocycles. The van der Waals surface area contributed by atoms with Gasteiger partial charge in [0.2, 0.25) is 0 Å². The molecule has 0 saturated carbocycles. The third kappa shape index (κ3) is 4.25. The van der Waals surface area contributed by atoms with Gasteiger partial charge in [-0.05, 0) is 24.8 Å². The Morgan fingerprint density at radius 1 is 1.31 bits per heavy atom. The number of carbonyl (C=O) groups excluding carboxylic acids is 2. The maximum absolute atomic E-state index is 12.9. The number of amides is 3. The van der Waals surface area contributed by atoms with Gasteiger partial charge in [0.1, 0.15) is 12.4 Å². The Morgan fingerprint density at radius 2 is 2.12 bits per heavy atom. The van der Waals surface area contributed by atoms with Crippen LogP contribution >= 0.6 is 0 Å². The van der Waals surface area contributed by atoms with E-state index in [-0.39, 0.29) is 6.54 Å². The summed E-state index contributed by atoms with van der Waals surface area (Å²) >= 11 is 0. The Labute approximate surface area is 185 Å². The van der Waals surface area contributed by atoms with Crippen molar-refractivity contribution in [1.82, 2.24) is 20.2 Å². The first-order chi connectivity index (χ1) is 15.5. The zero-order valence-electron chi connectivity index (χ0n) is 17.9. The van der Waals surface area contributed by atoms with Gasteiger partial charge in [0.05, 0.1) is 11.7 Å². The quantitative estimate of drug-likeness (QED) is 0.584. The molecule has 8 nitrogen and oxygen atoms in total. The zero-order chi connectivity index (χ0) is 22.7. The first-order valence-electron chi connectivity index (χ1n) is 10.3. The number of fused-ring (bicyclic) bond motifs is 1. The number of urea groups is 1. The molecule has 4 rings (SSSR count). The normalized spacial score (nSPS) is 17.8. The highest BCUT2D eigenvalue weighted by molar-refractivity contribution is 5.93. The fourth-order valence-corrected chi connectivity index (χ4v) is 3.76. The number of aryl methyl sites for hydroxylation is 1. The van der Waals surface area contributed by atoms with Gasteiger partial charge < -0.3 is 14.8 Å². The van der Waals surface area contributed by atoms with Crippen molar-refractivity contribution in [2.24, 2.45) is 0 Å². The van der Waals surface area contributed by atoms with Crippen molar-refractivity contribution in [2.45, 2.75) is 32.5 Å². The van der Waals surface area contributed by atoms with Gasteiger partial charge in [-0.2, -0.15) is 0 Å². The number of aromatic nitrogens is 2. The van der Waals surface area contributed by atoms with Crippen molar-refractivity contribution < 1.29 is 19.1 Å². The van der Waals surface area contributed by atoms with Crippen molar-refractivity contribution in [3.63, 3.8) is 0 Å². The van der Waals surface area contributed by atoms with Crippen LogP contribution in [0.1, 0.15) is 30.0 Å². The smallest absolute Gasteiger partial charge is 0.419 e. The maximum atomic E-state index is 12.9. The molecule has 2 atom stereocenters. The van der Waals surface area contributed by atoms with Crippen LogP contribution in [0.15, 0.2) is 61.4 Å². The maximum Gasteiger partial charge on any atom is 0.419 e. The highest BCUT2D eigenvalue weighted by Gasteiger charge is 2.44. The minimum atomic E-state index is -0.715. The van der Waals surface area contributed by atoms with Gasteiger partial charge in [-0.25, -0.2) is 14.5 Å². The van der Waals surface area contributed by atoms with Gasteiger partial charge in [-0.3, -0.25) is 9.97 Å². The van der Waals surface area contributed by atoms with Crippen molar-refractivity contribution in [3.8, 4) is 5.75 Å². The summed E-state index contributed by atoms with van der Waals surface area (Å²) in [4.78, 5) is 35.2. The van der Waals surface area contributed by atoms with E-state index >= 15 is 0 Å². The monoisotopic (exact) mass is 432 g/mol. The third-order valence-corrected chi connectivity index (χ3v) is 5.28. The molecule has 0 radical (unpaired) electrons. The molecule has 3 heterocycles. The average molecular weight is 432 g/mol. The van der Waals surface area contributed by atoms with Gasteiger partial charge in [-0.1, -0.05) is 36.9 Å². The molecule has 164 valence electrons. The molecule has 1 aliphatic rings. The molecule has 0 spiro atoms. The summed E-state index contributed by atoms with van der Waals surface area (Å²) in [6.07, 6.45) is 3.71. The standard InChI is InChI=1S/C24H24N4O4/c1-4-9-31-19-10-15(2)27-21(11-19)22-16(3)28(24(30)32-22)23(29)26-14-18-13-25-12-17-7-5-6-8-20(17)18/h4-8,10-13,16,22H,1,9,14H2,2-3H3,(H,26,29)/t16-,22-/m0/s1. The van der Waals surface area contributed by atoms with Crippen LogP contribution in [0.5, 0.6) is 5.75 Å². The fraction of sp³-hybridized carbons (Fsp3) is 0.250. The summed E-state index contributed by atoms with van der Waals surface area (Å²) in [6.45, 7) is 7.80. The van der Waals surface area contributed by atoms with E-state index in [4.69, 9.17) is 9.47 Å². The van der Waals surface area contributed by atoms with E-state index in [9.17, 15) is 9.59 Å². The second kappa shape index (κ2) is 9.05. The number of nitrogens with zero attached hydrogens (tertiary/aromatic N) is 3. The summed E-state index contributed by atoms with van der Waals surface area (Å²) in [6, 6.07) is 10.2. The van der Waals surface area contributed by atoms with Crippen LogP contribution in [-0.4, -0.2) is 39.6 Å². The summed E-state index contributed by atoms with van der Waals surface area (Å²) in [5.41, 5.74) is 2.10. The zero-order valence-corrected chi connectivity index (χ0v) is 17.9. The van der Waals surface area contributed by atoms with Gasteiger partial charge >= 0.3 is 12.1 Å². The number of pyridine rings is 2. The Morgan fingerprint density at radius 3 is 2.94 bits per heavy atom. The lowest BCUT2D eigenvalue weighted by Crippen LogP contribution is -2.44.